The first-order valence-electron chi connectivity index (χ1n) is 5.87. The van der Waals surface area contributed by atoms with Crippen LogP contribution in [0.2, 0.25) is 0 Å². The number of rotatable bonds is 3. The Morgan fingerprint density at radius 2 is 2.24 bits per heavy atom. The van der Waals surface area contributed by atoms with Gasteiger partial charge in [-0.3, -0.25) is 4.79 Å². The average Bonchev–Trinajstić information content (AvgIpc) is 2.69. The van der Waals surface area contributed by atoms with Crippen LogP contribution in [-0.4, -0.2) is 40.3 Å². The molecule has 0 spiro atoms. The van der Waals surface area contributed by atoms with Crippen LogP contribution >= 0.6 is 15.9 Å². The second kappa shape index (κ2) is 5.08. The molecular formula is C11H16BrN3O2. The summed E-state index contributed by atoms with van der Waals surface area (Å²) in [4.78, 5) is 14.0. The van der Waals surface area contributed by atoms with Gasteiger partial charge in [-0.2, -0.15) is 5.10 Å². The van der Waals surface area contributed by atoms with Crippen molar-refractivity contribution in [3.63, 3.8) is 0 Å². The molecule has 17 heavy (non-hydrogen) atoms. The number of halogens is 1. The second-order valence-electron chi connectivity index (χ2n) is 3.87. The van der Waals surface area contributed by atoms with E-state index in [4.69, 9.17) is 4.74 Å². The monoisotopic (exact) mass is 301 g/mol. The van der Waals surface area contributed by atoms with Gasteiger partial charge in [-0.05, 0) is 29.8 Å². The van der Waals surface area contributed by atoms with Gasteiger partial charge in [-0.1, -0.05) is 0 Å². The normalized spacial score (nSPS) is 14.1. The van der Waals surface area contributed by atoms with Gasteiger partial charge in [0.25, 0.3) is 5.91 Å². The molecule has 0 unspecified atom stereocenters. The summed E-state index contributed by atoms with van der Waals surface area (Å²) in [6, 6.07) is 0. The number of ether oxygens (including phenoxy) is 1. The number of carbonyl (C=O) groups excluding carboxylic acids is 1. The molecule has 94 valence electrons. The minimum Gasteiger partial charge on any atom is -0.477 e. The molecule has 0 aliphatic carbocycles. The van der Waals surface area contributed by atoms with Crippen LogP contribution in [0.3, 0.4) is 0 Å². The summed E-state index contributed by atoms with van der Waals surface area (Å²) in [7, 11) is 0. The van der Waals surface area contributed by atoms with Gasteiger partial charge in [0, 0.05) is 26.1 Å². The molecule has 6 heteroatoms. The van der Waals surface area contributed by atoms with E-state index in [2.05, 4.69) is 21.0 Å². The molecule has 2 heterocycles. The number of fused-ring (bicyclic) bond motifs is 1. The van der Waals surface area contributed by atoms with Gasteiger partial charge in [0.2, 0.25) is 5.88 Å². The van der Waals surface area contributed by atoms with E-state index in [9.17, 15) is 4.79 Å². The predicted molar refractivity (Wildman–Crippen MR) is 67.3 cm³/mol. The summed E-state index contributed by atoms with van der Waals surface area (Å²) in [6.45, 7) is 6.78. The molecule has 0 aromatic carbocycles. The lowest BCUT2D eigenvalue weighted by molar-refractivity contribution is 0.0765. The first kappa shape index (κ1) is 12.4. The van der Waals surface area contributed by atoms with Crippen LogP contribution in [0.1, 0.15) is 30.8 Å². The average molecular weight is 302 g/mol. The fourth-order valence-corrected chi connectivity index (χ4v) is 2.46. The quantitative estimate of drug-likeness (QED) is 0.857. The molecule has 1 aromatic rings. The molecule has 0 N–H and O–H groups in total. The van der Waals surface area contributed by atoms with Gasteiger partial charge < -0.3 is 9.64 Å². The van der Waals surface area contributed by atoms with E-state index >= 15 is 0 Å². The Hall–Kier alpha value is -1.04. The fraction of sp³-hybridized carbons (Fsp3) is 0.636. The number of hydrogen-bond donors (Lipinski definition) is 0. The van der Waals surface area contributed by atoms with Crippen LogP contribution in [-0.2, 0) is 6.54 Å². The maximum Gasteiger partial charge on any atom is 0.275 e. The highest BCUT2D eigenvalue weighted by molar-refractivity contribution is 9.10. The Labute approximate surface area is 109 Å². The van der Waals surface area contributed by atoms with Crippen LogP contribution in [0.5, 0.6) is 5.88 Å². The third-order valence-electron chi connectivity index (χ3n) is 2.86. The zero-order valence-corrected chi connectivity index (χ0v) is 11.7. The summed E-state index contributed by atoms with van der Waals surface area (Å²) in [5.41, 5.74) is 0.450. The van der Waals surface area contributed by atoms with Crippen molar-refractivity contribution < 1.29 is 9.53 Å². The van der Waals surface area contributed by atoms with Crippen molar-refractivity contribution >= 4 is 21.8 Å². The molecule has 0 bridgehead atoms. The SMILES string of the molecule is CCN(CC)C(=O)c1nn2c(c1Br)OCCC2. The van der Waals surface area contributed by atoms with E-state index in [1.54, 1.807) is 9.58 Å². The molecule has 0 saturated carbocycles. The number of amides is 1. The Balaban J connectivity index is 2.33. The van der Waals surface area contributed by atoms with Crippen molar-refractivity contribution in [3.05, 3.63) is 10.2 Å². The van der Waals surface area contributed by atoms with Crippen molar-refractivity contribution in [2.24, 2.45) is 0 Å². The summed E-state index contributed by atoms with van der Waals surface area (Å²) >= 11 is 3.41. The van der Waals surface area contributed by atoms with Gasteiger partial charge in [0.05, 0.1) is 6.61 Å². The topological polar surface area (TPSA) is 47.4 Å². The molecule has 0 radical (unpaired) electrons. The maximum atomic E-state index is 12.2. The lowest BCUT2D eigenvalue weighted by Gasteiger charge is -2.16. The maximum absolute atomic E-state index is 12.2. The highest BCUT2D eigenvalue weighted by Gasteiger charge is 2.26. The van der Waals surface area contributed by atoms with E-state index in [-0.39, 0.29) is 5.91 Å². The minimum absolute atomic E-state index is 0.0487. The van der Waals surface area contributed by atoms with Gasteiger partial charge >= 0.3 is 0 Å². The van der Waals surface area contributed by atoms with Gasteiger partial charge in [-0.15, -0.1) is 0 Å². The van der Waals surface area contributed by atoms with Crippen molar-refractivity contribution in [3.8, 4) is 5.88 Å². The summed E-state index contributed by atoms with van der Waals surface area (Å²) < 4.78 is 7.94. The first-order chi connectivity index (χ1) is 8.19. The van der Waals surface area contributed by atoms with Crippen LogP contribution < -0.4 is 4.74 Å². The predicted octanol–water partition coefficient (Wildman–Crippen LogP) is 1.91. The Morgan fingerprint density at radius 1 is 1.53 bits per heavy atom. The smallest absolute Gasteiger partial charge is 0.275 e. The van der Waals surface area contributed by atoms with Crippen LogP contribution in [0, 0.1) is 0 Å². The zero-order chi connectivity index (χ0) is 12.4. The highest BCUT2D eigenvalue weighted by atomic mass is 79.9. The van der Waals surface area contributed by atoms with Gasteiger partial charge in [0.1, 0.15) is 4.47 Å². The Kier molecular flexibility index (Phi) is 3.71. The first-order valence-corrected chi connectivity index (χ1v) is 6.66. The molecule has 2 rings (SSSR count). The third kappa shape index (κ3) is 2.18. The Bertz CT molecular complexity index is 427. The molecule has 1 aromatic heterocycles. The molecular weight excluding hydrogens is 286 g/mol. The van der Waals surface area contributed by atoms with Gasteiger partial charge in [-0.25, -0.2) is 4.68 Å². The van der Waals surface area contributed by atoms with Crippen LogP contribution in [0.4, 0.5) is 0 Å². The molecule has 1 aliphatic heterocycles. The van der Waals surface area contributed by atoms with E-state index in [0.29, 0.717) is 35.7 Å². The molecule has 5 nitrogen and oxygen atoms in total. The van der Waals surface area contributed by atoms with E-state index < -0.39 is 0 Å². The van der Waals surface area contributed by atoms with Crippen LogP contribution in [0.15, 0.2) is 4.47 Å². The lowest BCUT2D eigenvalue weighted by atomic mass is 10.3. The van der Waals surface area contributed by atoms with Crippen molar-refractivity contribution in [2.75, 3.05) is 19.7 Å². The number of aromatic nitrogens is 2. The fourth-order valence-electron chi connectivity index (χ4n) is 1.89. The number of carbonyl (C=O) groups is 1. The van der Waals surface area contributed by atoms with Crippen molar-refractivity contribution in [1.29, 1.82) is 0 Å². The molecule has 0 fully saturated rings. The van der Waals surface area contributed by atoms with Crippen molar-refractivity contribution in [2.45, 2.75) is 26.8 Å². The largest absolute Gasteiger partial charge is 0.477 e. The summed E-state index contributed by atoms with van der Waals surface area (Å²) in [5, 5.41) is 4.32. The molecule has 1 aliphatic rings. The summed E-state index contributed by atoms with van der Waals surface area (Å²) in [5.74, 6) is 0.624. The molecule has 0 atom stereocenters. The molecule has 0 saturated heterocycles. The van der Waals surface area contributed by atoms with Crippen LogP contribution in [0.25, 0.3) is 0 Å². The highest BCUT2D eigenvalue weighted by Crippen LogP contribution is 2.31. The number of hydrogen-bond acceptors (Lipinski definition) is 3. The molecule has 1 amide bonds. The standard InChI is InChI=1S/C11H16BrN3O2/c1-3-14(4-2)10(16)9-8(12)11-15(13-9)6-5-7-17-11/h3-7H2,1-2H3. The number of nitrogens with zero attached hydrogens (tertiary/aromatic N) is 3. The second-order valence-corrected chi connectivity index (χ2v) is 4.66. The van der Waals surface area contributed by atoms with Gasteiger partial charge in [0.15, 0.2) is 5.69 Å². The van der Waals surface area contributed by atoms with E-state index in [1.807, 2.05) is 13.8 Å². The van der Waals surface area contributed by atoms with E-state index in [0.717, 1.165) is 13.0 Å². The van der Waals surface area contributed by atoms with E-state index in [1.165, 1.54) is 0 Å². The summed E-state index contributed by atoms with van der Waals surface area (Å²) in [6.07, 6.45) is 0.931. The Morgan fingerprint density at radius 3 is 2.82 bits per heavy atom. The minimum atomic E-state index is -0.0487. The lowest BCUT2D eigenvalue weighted by Crippen LogP contribution is -2.31. The third-order valence-corrected chi connectivity index (χ3v) is 3.57. The van der Waals surface area contributed by atoms with Crippen molar-refractivity contribution in [1.82, 2.24) is 14.7 Å². The number of aryl methyl sites for hydroxylation is 1. The zero-order valence-electron chi connectivity index (χ0n) is 10.1.